The predicted octanol–water partition coefficient (Wildman–Crippen LogP) is 6.34. The Morgan fingerprint density at radius 1 is 1.02 bits per heavy atom. The first kappa shape index (κ1) is 27.8. The summed E-state index contributed by atoms with van der Waals surface area (Å²) in [6, 6.07) is 15.0. The molecular formula is C29H26F4N6O2. The number of halogens is 4. The van der Waals surface area contributed by atoms with E-state index in [1.807, 2.05) is 6.92 Å². The van der Waals surface area contributed by atoms with Crippen LogP contribution in [0.25, 0.3) is 11.1 Å². The number of alkyl halides is 3. The van der Waals surface area contributed by atoms with Crippen LogP contribution in [0.1, 0.15) is 16.7 Å². The number of aromatic hydroxyl groups is 1. The van der Waals surface area contributed by atoms with Gasteiger partial charge in [0.25, 0.3) is 0 Å². The topological polar surface area (TPSA) is 94.9 Å². The average molecular weight is 567 g/mol. The molecule has 1 fully saturated rings. The van der Waals surface area contributed by atoms with Gasteiger partial charge in [-0.1, -0.05) is 24.3 Å². The van der Waals surface area contributed by atoms with Crippen LogP contribution in [0, 0.1) is 12.7 Å². The van der Waals surface area contributed by atoms with Crippen molar-refractivity contribution >= 4 is 29.4 Å². The summed E-state index contributed by atoms with van der Waals surface area (Å²) in [6.45, 7) is 3.84. The van der Waals surface area contributed by atoms with Gasteiger partial charge in [-0.2, -0.15) is 23.3 Å². The fourth-order valence-electron chi connectivity index (χ4n) is 4.37. The molecule has 0 aliphatic carbocycles. The molecule has 1 aliphatic rings. The zero-order valence-electron chi connectivity index (χ0n) is 21.9. The molecule has 1 aliphatic heterocycles. The van der Waals surface area contributed by atoms with Crippen LogP contribution < -0.4 is 15.6 Å². The summed E-state index contributed by atoms with van der Waals surface area (Å²) in [5.41, 5.74) is 4.69. The Morgan fingerprint density at radius 3 is 2.54 bits per heavy atom. The van der Waals surface area contributed by atoms with Crippen LogP contribution in [0.4, 0.5) is 40.7 Å². The minimum absolute atomic E-state index is 0.116. The van der Waals surface area contributed by atoms with Gasteiger partial charge in [-0.3, -0.25) is 0 Å². The Balaban J connectivity index is 1.32. The number of phenolic OH excluding ortho intramolecular Hbond substituents is 1. The number of benzene rings is 3. The normalized spacial score (nSPS) is 13.9. The molecule has 0 unspecified atom stereocenters. The average Bonchev–Trinajstić information content (AvgIpc) is 2.95. The van der Waals surface area contributed by atoms with Crippen molar-refractivity contribution in [3.8, 4) is 16.9 Å². The van der Waals surface area contributed by atoms with Crippen LogP contribution in [-0.2, 0) is 10.9 Å². The van der Waals surface area contributed by atoms with E-state index in [1.165, 1.54) is 6.07 Å². The van der Waals surface area contributed by atoms with Gasteiger partial charge >= 0.3 is 6.18 Å². The van der Waals surface area contributed by atoms with E-state index in [2.05, 4.69) is 25.8 Å². The maximum atomic E-state index is 14.2. The molecule has 3 N–H and O–H groups in total. The third-order valence-electron chi connectivity index (χ3n) is 6.44. The maximum Gasteiger partial charge on any atom is 0.416 e. The van der Waals surface area contributed by atoms with Crippen LogP contribution in [0.2, 0.25) is 0 Å². The number of aryl methyl sites for hydroxylation is 1. The van der Waals surface area contributed by atoms with Gasteiger partial charge in [0.05, 0.1) is 31.2 Å². The molecule has 1 saturated heterocycles. The van der Waals surface area contributed by atoms with Gasteiger partial charge in [0.2, 0.25) is 5.95 Å². The standard InChI is InChI=1S/C29H26F4N6O2/c1-18-12-22(36-23-14-20(13-21(15-23)29(31,32)33)24-4-2-3-5-26(24)40)7-6-19(18)16-35-38-28-34-17-25(30)27(37-28)39-8-10-41-11-9-39/h2-7,12-17,36,40H,8-11H2,1H3,(H,34,37,38)/b35-16+. The van der Waals surface area contributed by atoms with Gasteiger partial charge in [0.1, 0.15) is 5.75 Å². The predicted molar refractivity (Wildman–Crippen MR) is 149 cm³/mol. The summed E-state index contributed by atoms with van der Waals surface area (Å²) in [6.07, 6.45) is -1.95. The molecule has 0 amide bonds. The molecule has 12 heteroatoms. The fraction of sp³-hybridized carbons (Fsp3) is 0.207. The molecular weight excluding hydrogens is 540 g/mol. The number of hydrogen-bond donors (Lipinski definition) is 3. The molecule has 0 bridgehead atoms. The Bertz CT molecular complexity index is 1570. The smallest absolute Gasteiger partial charge is 0.416 e. The minimum atomic E-state index is -4.57. The van der Waals surface area contributed by atoms with Crippen LogP contribution in [0.15, 0.2) is 72.0 Å². The molecule has 41 heavy (non-hydrogen) atoms. The van der Waals surface area contributed by atoms with Crippen LogP contribution in [0.3, 0.4) is 0 Å². The Morgan fingerprint density at radius 2 is 1.80 bits per heavy atom. The molecule has 0 spiro atoms. The summed E-state index contributed by atoms with van der Waals surface area (Å²) in [4.78, 5) is 9.93. The lowest BCUT2D eigenvalue weighted by molar-refractivity contribution is -0.137. The minimum Gasteiger partial charge on any atom is -0.507 e. The van der Waals surface area contributed by atoms with Crippen molar-refractivity contribution < 1.29 is 27.4 Å². The number of aromatic nitrogens is 2. The molecule has 2 heterocycles. The van der Waals surface area contributed by atoms with Crippen molar-refractivity contribution in [3.05, 3.63) is 89.4 Å². The van der Waals surface area contributed by atoms with Crippen LogP contribution in [-0.4, -0.2) is 47.6 Å². The number of morpholine rings is 1. The van der Waals surface area contributed by atoms with Crippen molar-refractivity contribution in [2.24, 2.45) is 5.10 Å². The largest absolute Gasteiger partial charge is 0.507 e. The number of para-hydroxylation sites is 1. The van der Waals surface area contributed by atoms with E-state index in [-0.39, 0.29) is 28.8 Å². The number of rotatable bonds is 7. The SMILES string of the molecule is Cc1cc(Nc2cc(-c3ccccc3O)cc(C(F)(F)F)c2)ccc1/C=N/Nc1ncc(F)c(N2CCOCC2)n1. The summed E-state index contributed by atoms with van der Waals surface area (Å²) >= 11 is 0. The molecule has 4 aromatic rings. The van der Waals surface area contributed by atoms with Crippen molar-refractivity contribution in [2.75, 3.05) is 41.9 Å². The highest BCUT2D eigenvalue weighted by Crippen LogP contribution is 2.38. The molecule has 5 rings (SSSR count). The molecule has 0 saturated carbocycles. The van der Waals surface area contributed by atoms with Gasteiger partial charge in [0.15, 0.2) is 11.6 Å². The molecule has 0 radical (unpaired) electrons. The fourth-order valence-corrected chi connectivity index (χ4v) is 4.37. The first-order valence-electron chi connectivity index (χ1n) is 12.7. The van der Waals surface area contributed by atoms with E-state index >= 15 is 0 Å². The quantitative estimate of drug-likeness (QED) is 0.137. The summed E-state index contributed by atoms with van der Waals surface area (Å²) < 4.78 is 60.5. The van der Waals surface area contributed by atoms with E-state index in [9.17, 15) is 22.7 Å². The van der Waals surface area contributed by atoms with Gasteiger partial charge in [-0.15, -0.1) is 0 Å². The second kappa shape index (κ2) is 11.8. The monoisotopic (exact) mass is 566 g/mol. The molecule has 3 aromatic carbocycles. The zero-order chi connectivity index (χ0) is 29.0. The van der Waals surface area contributed by atoms with E-state index < -0.39 is 17.6 Å². The lowest BCUT2D eigenvalue weighted by Crippen LogP contribution is -2.37. The lowest BCUT2D eigenvalue weighted by Gasteiger charge is -2.27. The summed E-state index contributed by atoms with van der Waals surface area (Å²) in [5, 5.41) is 17.4. The van der Waals surface area contributed by atoms with Crippen molar-refractivity contribution in [1.82, 2.24) is 9.97 Å². The molecule has 0 atom stereocenters. The second-order valence-electron chi connectivity index (χ2n) is 9.34. The van der Waals surface area contributed by atoms with Gasteiger partial charge in [0, 0.05) is 30.0 Å². The highest BCUT2D eigenvalue weighted by molar-refractivity contribution is 5.83. The van der Waals surface area contributed by atoms with Crippen molar-refractivity contribution in [1.29, 1.82) is 0 Å². The molecule has 1 aromatic heterocycles. The third kappa shape index (κ3) is 6.72. The number of nitrogens with zero attached hydrogens (tertiary/aromatic N) is 4. The maximum absolute atomic E-state index is 14.2. The number of nitrogens with one attached hydrogen (secondary N) is 2. The van der Waals surface area contributed by atoms with Gasteiger partial charge in [-0.25, -0.2) is 14.8 Å². The number of anilines is 4. The third-order valence-corrected chi connectivity index (χ3v) is 6.44. The number of ether oxygens (including phenoxy) is 1. The van der Waals surface area contributed by atoms with Crippen molar-refractivity contribution in [3.63, 3.8) is 0 Å². The Labute approximate surface area is 233 Å². The van der Waals surface area contributed by atoms with E-state index in [1.54, 1.807) is 53.6 Å². The zero-order valence-corrected chi connectivity index (χ0v) is 21.9. The van der Waals surface area contributed by atoms with Crippen LogP contribution in [0.5, 0.6) is 5.75 Å². The van der Waals surface area contributed by atoms with E-state index in [0.29, 0.717) is 37.6 Å². The Hall–Kier alpha value is -4.71. The highest BCUT2D eigenvalue weighted by atomic mass is 19.4. The van der Waals surface area contributed by atoms with E-state index in [4.69, 9.17) is 4.74 Å². The Kier molecular flexibility index (Phi) is 8.02. The number of phenols is 1. The van der Waals surface area contributed by atoms with Gasteiger partial charge in [-0.05, 0) is 60.0 Å². The van der Waals surface area contributed by atoms with Crippen LogP contribution >= 0.6 is 0 Å². The molecule has 212 valence electrons. The first-order chi connectivity index (χ1) is 19.7. The van der Waals surface area contributed by atoms with Gasteiger partial charge < -0.3 is 20.1 Å². The van der Waals surface area contributed by atoms with E-state index in [0.717, 1.165) is 29.5 Å². The summed E-state index contributed by atoms with van der Waals surface area (Å²) in [5.74, 6) is -0.347. The molecule has 8 nitrogen and oxygen atoms in total. The highest BCUT2D eigenvalue weighted by Gasteiger charge is 2.31. The lowest BCUT2D eigenvalue weighted by atomic mass is 10.0. The first-order valence-corrected chi connectivity index (χ1v) is 12.7. The summed E-state index contributed by atoms with van der Waals surface area (Å²) in [7, 11) is 0. The second-order valence-corrected chi connectivity index (χ2v) is 9.34. The number of hydrazone groups is 1. The number of hydrogen-bond acceptors (Lipinski definition) is 8. The van der Waals surface area contributed by atoms with Crippen molar-refractivity contribution in [2.45, 2.75) is 13.1 Å².